The average Bonchev–Trinajstić information content (AvgIpc) is 2.89. The van der Waals surface area contributed by atoms with E-state index >= 15 is 0 Å². The molecule has 0 spiro atoms. The van der Waals surface area contributed by atoms with Crippen molar-refractivity contribution in [2.75, 3.05) is 17.7 Å². The lowest BCUT2D eigenvalue weighted by Crippen LogP contribution is -2.29. The molecule has 15 heteroatoms. The molecule has 0 radical (unpaired) electrons. The van der Waals surface area contributed by atoms with Crippen molar-refractivity contribution in [3.05, 3.63) is 93.5 Å². The van der Waals surface area contributed by atoms with E-state index in [0.717, 1.165) is 22.8 Å². The van der Waals surface area contributed by atoms with E-state index in [0.29, 0.717) is 0 Å². The largest absolute Gasteiger partial charge is 0.493 e. The second-order valence-corrected chi connectivity index (χ2v) is 8.90. The highest BCUT2D eigenvalue weighted by Crippen LogP contribution is 2.34. The number of nitrogens with two attached hydrogens (primary N) is 1. The van der Waals surface area contributed by atoms with Gasteiger partial charge >= 0.3 is 8.60 Å². The zero-order valence-electron chi connectivity index (χ0n) is 20.5. The van der Waals surface area contributed by atoms with Crippen LogP contribution < -0.4 is 30.6 Å². The summed E-state index contributed by atoms with van der Waals surface area (Å²) < 4.78 is 45.4. The monoisotopic (exact) mass is 592 g/mol. The zero-order valence-corrected chi connectivity index (χ0v) is 22.1. The molecule has 11 nitrogen and oxygen atoms in total. The first-order chi connectivity index (χ1) is 19.1. The number of benzene rings is 2. The molecular weight excluding hydrogens is 573 g/mol. The Morgan fingerprint density at radius 1 is 1.07 bits per heavy atom. The molecule has 208 valence electrons. The number of ether oxygens (including phenoxy) is 2. The number of halogens is 3. The maximum Gasteiger partial charge on any atom is 0.391 e. The molecule has 4 aromatic rings. The predicted molar refractivity (Wildman–Crippen MR) is 143 cm³/mol. The Kier molecular flexibility index (Phi) is 8.80. The number of rotatable bonds is 9. The summed E-state index contributed by atoms with van der Waals surface area (Å²) in [6.07, 6.45) is 2.62. The number of pyridine rings is 2. The van der Waals surface area contributed by atoms with Gasteiger partial charge in [0.15, 0.2) is 28.9 Å². The number of hydrogen-bond donors (Lipinski definition) is 4. The molecule has 2 heterocycles. The number of carbonyl (C=O) groups excluding carboxylic acids is 1. The smallest absolute Gasteiger partial charge is 0.391 e. The minimum atomic E-state index is -2.93. The van der Waals surface area contributed by atoms with Crippen LogP contribution >= 0.6 is 20.2 Å². The summed E-state index contributed by atoms with van der Waals surface area (Å²) in [5.74, 6) is -3.40. The van der Waals surface area contributed by atoms with Gasteiger partial charge in [-0.3, -0.25) is 14.2 Å². The highest BCUT2D eigenvalue weighted by atomic mass is 35.5. The molecular formula is C25H20ClF2N4O7P. The Hall–Kier alpha value is -4.29. The van der Waals surface area contributed by atoms with Crippen molar-refractivity contribution < 1.29 is 37.4 Å². The Balaban J connectivity index is 1.65. The van der Waals surface area contributed by atoms with Crippen molar-refractivity contribution in [2.45, 2.75) is 6.92 Å². The van der Waals surface area contributed by atoms with E-state index in [2.05, 4.69) is 14.8 Å². The lowest BCUT2D eigenvalue weighted by atomic mass is 10.2. The van der Waals surface area contributed by atoms with Crippen LogP contribution in [-0.2, 0) is 0 Å². The summed E-state index contributed by atoms with van der Waals surface area (Å²) in [6.45, 7) is 1.77. The average molecular weight is 593 g/mol. The van der Waals surface area contributed by atoms with Crippen molar-refractivity contribution in [3.63, 3.8) is 0 Å². The lowest BCUT2D eigenvalue weighted by Gasteiger charge is -2.15. The van der Waals surface area contributed by atoms with Crippen LogP contribution in [0.1, 0.15) is 17.3 Å². The predicted octanol–water partition coefficient (Wildman–Crippen LogP) is 4.78. The standard InChI is InChI=1S/C25H20ClF2N4O7P/c1-2-37-18-8-10-32(14-4-5-15(27)20(12-14)39-40(35)36)25(34)21(18)24(33)31-13-3-6-17(16(28)11-13)38-19-7-9-30-23(29)22(19)26/h3-12,35-36H,2H2,1H3,(H2,29,30)(H,31,33). The number of nitrogen functional groups attached to an aromatic ring is 1. The van der Waals surface area contributed by atoms with Crippen molar-refractivity contribution in [1.82, 2.24) is 9.55 Å². The Bertz CT molecular complexity index is 1640. The summed E-state index contributed by atoms with van der Waals surface area (Å²) >= 11 is 6.03. The molecule has 2 aromatic heterocycles. The third kappa shape index (κ3) is 6.29. The molecule has 0 aliphatic carbocycles. The van der Waals surface area contributed by atoms with Gasteiger partial charge in [-0.1, -0.05) is 11.6 Å². The first-order valence-electron chi connectivity index (χ1n) is 11.3. The van der Waals surface area contributed by atoms with E-state index in [1.165, 1.54) is 42.7 Å². The van der Waals surface area contributed by atoms with Gasteiger partial charge in [-0.15, -0.1) is 0 Å². The van der Waals surface area contributed by atoms with Crippen molar-refractivity contribution in [1.29, 1.82) is 0 Å². The third-order valence-electron chi connectivity index (χ3n) is 5.24. The Morgan fingerprint density at radius 2 is 1.85 bits per heavy atom. The fraction of sp³-hybridized carbons (Fsp3) is 0.0800. The fourth-order valence-electron chi connectivity index (χ4n) is 3.50. The summed E-state index contributed by atoms with van der Waals surface area (Å²) in [4.78, 5) is 48.5. The molecule has 0 fully saturated rings. The van der Waals surface area contributed by atoms with Crippen LogP contribution in [0.2, 0.25) is 5.02 Å². The van der Waals surface area contributed by atoms with Gasteiger partial charge in [-0.2, -0.15) is 0 Å². The van der Waals surface area contributed by atoms with Gasteiger partial charge in [0, 0.05) is 36.3 Å². The number of nitrogens with zero attached hydrogens (tertiary/aromatic N) is 2. The Morgan fingerprint density at radius 3 is 2.55 bits per heavy atom. The van der Waals surface area contributed by atoms with E-state index in [9.17, 15) is 18.4 Å². The topological polar surface area (TPSA) is 158 Å². The van der Waals surface area contributed by atoms with Gasteiger partial charge in [0.1, 0.15) is 22.2 Å². The van der Waals surface area contributed by atoms with E-state index in [4.69, 9.17) is 36.6 Å². The van der Waals surface area contributed by atoms with Crippen LogP contribution in [-0.4, -0.2) is 31.9 Å². The second-order valence-electron chi connectivity index (χ2n) is 7.83. The molecule has 4 rings (SSSR count). The minimum absolute atomic E-state index is 0.00156. The second kappa shape index (κ2) is 12.3. The van der Waals surface area contributed by atoms with Crippen LogP contribution in [0.5, 0.6) is 23.0 Å². The number of hydrogen-bond acceptors (Lipinski definition) is 9. The molecule has 0 bridgehead atoms. The van der Waals surface area contributed by atoms with Gasteiger partial charge in [-0.05, 0) is 37.3 Å². The van der Waals surface area contributed by atoms with Gasteiger partial charge in [-0.25, -0.2) is 13.8 Å². The molecule has 0 atom stereocenters. The van der Waals surface area contributed by atoms with Crippen LogP contribution in [0.4, 0.5) is 20.3 Å². The maximum absolute atomic E-state index is 14.8. The molecule has 1 amide bonds. The van der Waals surface area contributed by atoms with E-state index < -0.39 is 43.0 Å². The van der Waals surface area contributed by atoms with E-state index in [1.807, 2.05) is 0 Å². The number of amides is 1. The lowest BCUT2D eigenvalue weighted by molar-refractivity contribution is 0.102. The molecule has 0 unspecified atom stereocenters. The summed E-state index contributed by atoms with van der Waals surface area (Å²) in [6, 6.07) is 9.51. The van der Waals surface area contributed by atoms with Crippen molar-refractivity contribution in [2.24, 2.45) is 0 Å². The minimum Gasteiger partial charge on any atom is -0.493 e. The van der Waals surface area contributed by atoms with Crippen molar-refractivity contribution in [3.8, 4) is 28.7 Å². The number of anilines is 2. The highest BCUT2D eigenvalue weighted by molar-refractivity contribution is 7.39. The maximum atomic E-state index is 14.8. The highest BCUT2D eigenvalue weighted by Gasteiger charge is 2.22. The summed E-state index contributed by atoms with van der Waals surface area (Å²) in [5, 5.41) is 2.44. The molecule has 0 saturated heterocycles. The molecule has 40 heavy (non-hydrogen) atoms. The van der Waals surface area contributed by atoms with Crippen LogP contribution in [0.25, 0.3) is 5.69 Å². The zero-order chi connectivity index (χ0) is 29.0. The third-order valence-corrected chi connectivity index (χ3v) is 5.98. The number of carbonyl (C=O) groups is 1. The van der Waals surface area contributed by atoms with Gasteiger partial charge in [0.2, 0.25) is 0 Å². The van der Waals surface area contributed by atoms with Crippen LogP contribution in [0.15, 0.2) is 65.7 Å². The first kappa shape index (κ1) is 28.7. The van der Waals surface area contributed by atoms with Crippen LogP contribution in [0.3, 0.4) is 0 Å². The molecule has 0 aliphatic rings. The Labute approximate surface area is 231 Å². The molecule has 5 N–H and O–H groups in total. The van der Waals surface area contributed by atoms with Crippen molar-refractivity contribution >= 4 is 37.6 Å². The molecule has 2 aromatic carbocycles. The summed E-state index contributed by atoms with van der Waals surface area (Å²) in [7, 11) is -2.93. The van der Waals surface area contributed by atoms with E-state index in [-0.39, 0.29) is 46.1 Å². The number of nitrogens with one attached hydrogen (secondary N) is 1. The van der Waals surface area contributed by atoms with Gasteiger partial charge < -0.3 is 34.8 Å². The first-order valence-corrected chi connectivity index (χ1v) is 12.9. The quantitative estimate of drug-likeness (QED) is 0.201. The number of aromatic nitrogens is 2. The van der Waals surface area contributed by atoms with E-state index in [1.54, 1.807) is 6.92 Å². The SMILES string of the molecule is CCOc1ccn(-c2ccc(F)c(OP(O)O)c2)c(=O)c1C(=O)Nc1ccc(Oc2ccnc(N)c2Cl)c(F)c1. The molecule has 0 aliphatic heterocycles. The summed E-state index contributed by atoms with van der Waals surface area (Å²) in [5.41, 5.74) is 4.39. The van der Waals surface area contributed by atoms with Crippen LogP contribution in [0, 0.1) is 11.6 Å². The fourth-order valence-corrected chi connectivity index (χ4v) is 3.97. The molecule has 0 saturated carbocycles. The van der Waals surface area contributed by atoms with Gasteiger partial charge in [0.05, 0.1) is 12.3 Å². The normalized spacial score (nSPS) is 10.9. The van der Waals surface area contributed by atoms with Gasteiger partial charge in [0.25, 0.3) is 11.5 Å².